The number of anilines is 1. The van der Waals surface area contributed by atoms with Crippen molar-refractivity contribution < 1.29 is 17.9 Å². The molecule has 0 spiro atoms. The van der Waals surface area contributed by atoms with E-state index in [1.165, 1.54) is 18.2 Å². The Morgan fingerprint density at radius 2 is 1.93 bits per heavy atom. The molecular formula is C20H19F3N4O2. The number of para-hydroxylation sites is 1. The SMILES string of the molecule is CCc1cc(=O)[nH]c(-c2ccc(N(C)Cc3ccccc3OC(F)(F)F)nc2)n1. The number of benzene rings is 1. The number of nitrogens with zero attached hydrogens (tertiary/aromatic N) is 3. The van der Waals surface area contributed by atoms with E-state index in [9.17, 15) is 18.0 Å². The van der Waals surface area contributed by atoms with Gasteiger partial charge in [-0.3, -0.25) is 4.79 Å². The molecule has 0 bridgehead atoms. The van der Waals surface area contributed by atoms with Gasteiger partial charge in [0.05, 0.1) is 0 Å². The number of aromatic amines is 1. The normalized spacial score (nSPS) is 11.3. The number of hydrogen-bond donors (Lipinski definition) is 1. The number of aromatic nitrogens is 3. The van der Waals surface area contributed by atoms with E-state index in [-0.39, 0.29) is 17.9 Å². The maximum Gasteiger partial charge on any atom is 0.573 e. The molecule has 2 heterocycles. The molecule has 3 rings (SSSR count). The Balaban J connectivity index is 1.79. The summed E-state index contributed by atoms with van der Waals surface area (Å²) in [5, 5.41) is 0. The lowest BCUT2D eigenvalue weighted by Crippen LogP contribution is -2.21. The average molecular weight is 404 g/mol. The lowest BCUT2D eigenvalue weighted by atomic mass is 10.2. The lowest BCUT2D eigenvalue weighted by Gasteiger charge is -2.20. The van der Waals surface area contributed by atoms with Crippen molar-refractivity contribution in [2.75, 3.05) is 11.9 Å². The van der Waals surface area contributed by atoms with Crippen molar-refractivity contribution in [1.29, 1.82) is 0 Å². The number of rotatable bonds is 6. The van der Waals surface area contributed by atoms with Crippen LogP contribution in [0.25, 0.3) is 11.4 Å². The van der Waals surface area contributed by atoms with Gasteiger partial charge in [0.15, 0.2) is 0 Å². The summed E-state index contributed by atoms with van der Waals surface area (Å²) in [5.74, 6) is 0.714. The highest BCUT2D eigenvalue weighted by molar-refractivity contribution is 5.56. The van der Waals surface area contributed by atoms with Crippen molar-refractivity contribution in [3.63, 3.8) is 0 Å². The third-order valence-corrected chi connectivity index (χ3v) is 4.18. The van der Waals surface area contributed by atoms with E-state index in [1.807, 2.05) is 6.92 Å². The third-order valence-electron chi connectivity index (χ3n) is 4.18. The van der Waals surface area contributed by atoms with E-state index in [2.05, 4.69) is 19.7 Å². The molecule has 9 heteroatoms. The van der Waals surface area contributed by atoms with Crippen LogP contribution in [0.2, 0.25) is 0 Å². The van der Waals surface area contributed by atoms with Crippen molar-refractivity contribution in [1.82, 2.24) is 15.0 Å². The first-order chi connectivity index (χ1) is 13.7. The molecule has 152 valence electrons. The molecule has 0 atom stereocenters. The zero-order chi connectivity index (χ0) is 21.0. The van der Waals surface area contributed by atoms with Crippen LogP contribution in [0.3, 0.4) is 0 Å². The lowest BCUT2D eigenvalue weighted by molar-refractivity contribution is -0.274. The molecule has 0 aliphatic heterocycles. The second-order valence-electron chi connectivity index (χ2n) is 6.36. The number of ether oxygens (including phenoxy) is 1. The molecule has 1 N–H and O–H groups in total. The van der Waals surface area contributed by atoms with E-state index in [1.54, 1.807) is 42.4 Å². The summed E-state index contributed by atoms with van der Waals surface area (Å²) in [4.78, 5) is 24.8. The Morgan fingerprint density at radius 1 is 1.17 bits per heavy atom. The Bertz CT molecular complexity index is 1030. The van der Waals surface area contributed by atoms with Crippen LogP contribution in [-0.4, -0.2) is 28.4 Å². The van der Waals surface area contributed by atoms with E-state index < -0.39 is 6.36 Å². The van der Waals surface area contributed by atoms with Gasteiger partial charge in [-0.15, -0.1) is 13.2 Å². The predicted molar refractivity (Wildman–Crippen MR) is 103 cm³/mol. The molecule has 0 saturated heterocycles. The Labute approximate surface area is 165 Å². The zero-order valence-corrected chi connectivity index (χ0v) is 15.8. The number of alkyl halides is 3. The molecule has 1 aromatic carbocycles. The van der Waals surface area contributed by atoms with Crippen LogP contribution in [0.4, 0.5) is 19.0 Å². The van der Waals surface area contributed by atoms with Gasteiger partial charge in [0.25, 0.3) is 5.56 Å². The monoisotopic (exact) mass is 404 g/mol. The van der Waals surface area contributed by atoms with Crippen LogP contribution < -0.4 is 15.2 Å². The van der Waals surface area contributed by atoms with Crippen LogP contribution in [0, 0.1) is 0 Å². The molecule has 0 radical (unpaired) electrons. The Hall–Kier alpha value is -3.36. The zero-order valence-electron chi connectivity index (χ0n) is 15.8. The van der Waals surface area contributed by atoms with Crippen molar-refractivity contribution in [3.05, 3.63) is 70.3 Å². The van der Waals surface area contributed by atoms with E-state index in [0.29, 0.717) is 34.9 Å². The summed E-state index contributed by atoms with van der Waals surface area (Å²) in [7, 11) is 1.71. The molecular weight excluding hydrogens is 385 g/mol. The van der Waals surface area contributed by atoms with Gasteiger partial charge < -0.3 is 14.6 Å². The summed E-state index contributed by atoms with van der Waals surface area (Å²) in [6.07, 6.45) is -2.57. The molecule has 0 aliphatic rings. The standard InChI is InChI=1S/C20H19F3N4O2/c1-3-15-10-18(28)26-19(25-15)13-8-9-17(24-11-13)27(2)12-14-6-4-5-7-16(14)29-20(21,22)23/h4-11H,3,12H2,1-2H3,(H,25,26,28). The van der Waals surface area contributed by atoms with E-state index in [0.717, 1.165) is 0 Å². The molecule has 6 nitrogen and oxygen atoms in total. The van der Waals surface area contributed by atoms with Crippen molar-refractivity contribution in [3.8, 4) is 17.1 Å². The molecule has 0 saturated carbocycles. The Morgan fingerprint density at radius 3 is 2.59 bits per heavy atom. The van der Waals surface area contributed by atoms with Gasteiger partial charge in [0.2, 0.25) is 0 Å². The fraction of sp³-hybridized carbons (Fsp3) is 0.250. The molecule has 0 aliphatic carbocycles. The van der Waals surface area contributed by atoms with Crippen molar-refractivity contribution in [2.45, 2.75) is 26.3 Å². The third kappa shape index (κ3) is 5.34. The van der Waals surface area contributed by atoms with Gasteiger partial charge in [-0.2, -0.15) is 0 Å². The van der Waals surface area contributed by atoms with Crippen LogP contribution in [-0.2, 0) is 13.0 Å². The number of H-pyrrole nitrogens is 1. The first-order valence-electron chi connectivity index (χ1n) is 8.86. The van der Waals surface area contributed by atoms with Crippen LogP contribution in [0.5, 0.6) is 5.75 Å². The minimum atomic E-state index is -4.76. The minimum absolute atomic E-state index is 0.166. The summed E-state index contributed by atoms with van der Waals surface area (Å²) in [6, 6.07) is 10.9. The highest BCUT2D eigenvalue weighted by atomic mass is 19.4. The summed E-state index contributed by atoms with van der Waals surface area (Å²) in [5.41, 5.74) is 1.44. The van der Waals surface area contributed by atoms with Crippen LogP contribution in [0.15, 0.2) is 53.5 Å². The van der Waals surface area contributed by atoms with Crippen LogP contribution >= 0.6 is 0 Å². The maximum atomic E-state index is 12.6. The number of pyridine rings is 1. The average Bonchev–Trinajstić information content (AvgIpc) is 2.68. The van der Waals surface area contributed by atoms with Crippen LogP contribution in [0.1, 0.15) is 18.2 Å². The summed E-state index contributed by atoms with van der Waals surface area (Å²) >= 11 is 0. The molecule has 3 aromatic rings. The predicted octanol–water partition coefficient (Wildman–Crippen LogP) is 3.93. The molecule has 0 amide bonds. The molecule has 29 heavy (non-hydrogen) atoms. The highest BCUT2D eigenvalue weighted by Crippen LogP contribution is 2.28. The maximum absolute atomic E-state index is 12.6. The van der Waals surface area contributed by atoms with E-state index in [4.69, 9.17) is 0 Å². The summed E-state index contributed by atoms with van der Waals surface area (Å²) in [6.45, 7) is 2.07. The minimum Gasteiger partial charge on any atom is -0.405 e. The number of aryl methyl sites for hydroxylation is 1. The van der Waals surface area contributed by atoms with E-state index >= 15 is 0 Å². The topological polar surface area (TPSA) is 71.1 Å². The smallest absolute Gasteiger partial charge is 0.405 e. The summed E-state index contributed by atoms with van der Waals surface area (Å²) < 4.78 is 41.9. The first-order valence-corrected chi connectivity index (χ1v) is 8.86. The largest absolute Gasteiger partial charge is 0.573 e. The quantitative estimate of drug-likeness (QED) is 0.674. The number of halogens is 3. The molecule has 2 aromatic heterocycles. The van der Waals surface area contributed by atoms with Gasteiger partial charge in [0, 0.05) is 42.7 Å². The fourth-order valence-corrected chi connectivity index (χ4v) is 2.77. The second kappa shape index (κ2) is 8.34. The number of hydrogen-bond acceptors (Lipinski definition) is 5. The highest BCUT2D eigenvalue weighted by Gasteiger charge is 2.32. The van der Waals surface area contributed by atoms with Gasteiger partial charge in [-0.05, 0) is 24.6 Å². The van der Waals surface area contributed by atoms with Gasteiger partial charge in [-0.1, -0.05) is 25.1 Å². The van der Waals surface area contributed by atoms with Gasteiger partial charge in [-0.25, -0.2) is 9.97 Å². The van der Waals surface area contributed by atoms with Crippen molar-refractivity contribution >= 4 is 5.82 Å². The van der Waals surface area contributed by atoms with Crippen molar-refractivity contribution in [2.24, 2.45) is 0 Å². The Kier molecular flexibility index (Phi) is 5.86. The van der Waals surface area contributed by atoms with Gasteiger partial charge >= 0.3 is 6.36 Å². The molecule has 0 unspecified atom stereocenters. The number of nitrogens with one attached hydrogen (secondary N) is 1. The molecule has 0 fully saturated rings. The van der Waals surface area contributed by atoms with Gasteiger partial charge in [0.1, 0.15) is 17.4 Å². The first kappa shape index (κ1) is 20.4. The fourth-order valence-electron chi connectivity index (χ4n) is 2.77. The second-order valence-corrected chi connectivity index (χ2v) is 6.36.